The van der Waals surface area contributed by atoms with Gasteiger partial charge in [0.05, 0.1) is 11.7 Å². The predicted molar refractivity (Wildman–Crippen MR) is 73.5 cm³/mol. The summed E-state index contributed by atoms with van der Waals surface area (Å²) in [7, 11) is 1.77. The average Bonchev–Trinajstić information content (AvgIpc) is 2.69. The molecule has 0 saturated heterocycles. The molecule has 0 radical (unpaired) electrons. The predicted octanol–water partition coefficient (Wildman–Crippen LogP) is 3.57. The fourth-order valence-electron chi connectivity index (χ4n) is 2.90. The molecule has 2 heteroatoms. The minimum Gasteiger partial charge on any atom is -0.388 e. The summed E-state index contributed by atoms with van der Waals surface area (Å²) in [5.74, 6) is 0. The van der Waals surface area contributed by atoms with Gasteiger partial charge in [0, 0.05) is 7.11 Å². The first-order valence-electron chi connectivity index (χ1n) is 6.67. The van der Waals surface area contributed by atoms with Gasteiger partial charge in [-0.15, -0.1) is 0 Å². The number of hydrogen-bond donors (Lipinski definition) is 1. The highest BCUT2D eigenvalue weighted by atomic mass is 16.5. The van der Waals surface area contributed by atoms with E-state index in [-0.39, 0.29) is 17.1 Å². The number of hydrogen-bond acceptors (Lipinski definition) is 2. The molecule has 0 aliphatic heterocycles. The highest BCUT2D eigenvalue weighted by Gasteiger charge is 2.42. The third-order valence-corrected chi connectivity index (χ3v) is 4.59. The van der Waals surface area contributed by atoms with Gasteiger partial charge in [0.1, 0.15) is 0 Å². The van der Waals surface area contributed by atoms with Crippen LogP contribution in [0.5, 0.6) is 0 Å². The quantitative estimate of drug-likeness (QED) is 0.867. The molecule has 1 aliphatic carbocycles. The van der Waals surface area contributed by atoms with Crippen LogP contribution in [0.25, 0.3) is 0 Å². The zero-order valence-corrected chi connectivity index (χ0v) is 12.1. The summed E-state index contributed by atoms with van der Waals surface area (Å²) in [4.78, 5) is 0. The summed E-state index contributed by atoms with van der Waals surface area (Å²) in [6.07, 6.45) is 1.47. The van der Waals surface area contributed by atoms with E-state index in [4.69, 9.17) is 4.74 Å². The molecule has 2 rings (SSSR count). The van der Waals surface area contributed by atoms with Crippen LogP contribution < -0.4 is 0 Å². The van der Waals surface area contributed by atoms with E-state index in [2.05, 4.69) is 33.8 Å². The molecule has 0 fully saturated rings. The first-order valence-corrected chi connectivity index (χ1v) is 6.67. The van der Waals surface area contributed by atoms with Crippen LogP contribution in [0.2, 0.25) is 0 Å². The average molecular weight is 248 g/mol. The van der Waals surface area contributed by atoms with Gasteiger partial charge in [-0.3, -0.25) is 0 Å². The molecule has 0 aromatic heterocycles. The van der Waals surface area contributed by atoms with Crippen molar-refractivity contribution in [2.75, 3.05) is 7.11 Å². The molecule has 1 unspecified atom stereocenters. The van der Waals surface area contributed by atoms with Crippen molar-refractivity contribution in [1.82, 2.24) is 0 Å². The fourth-order valence-corrected chi connectivity index (χ4v) is 2.90. The lowest BCUT2D eigenvalue weighted by atomic mass is 9.71. The molecule has 0 saturated carbocycles. The zero-order chi connectivity index (χ0) is 13.6. The minimum atomic E-state index is -0.331. The highest BCUT2D eigenvalue weighted by Crippen LogP contribution is 2.46. The third-order valence-electron chi connectivity index (χ3n) is 4.59. The molecular weight excluding hydrogens is 224 g/mol. The Bertz CT molecular complexity index is 445. The molecule has 0 amide bonds. The summed E-state index contributed by atoms with van der Waals surface area (Å²) in [5, 5.41) is 10.0. The summed E-state index contributed by atoms with van der Waals surface area (Å²) in [6.45, 7) is 8.73. The van der Waals surface area contributed by atoms with Gasteiger partial charge in [-0.1, -0.05) is 39.0 Å². The van der Waals surface area contributed by atoms with E-state index >= 15 is 0 Å². The van der Waals surface area contributed by atoms with Crippen LogP contribution in [-0.4, -0.2) is 12.2 Å². The Morgan fingerprint density at radius 2 is 1.89 bits per heavy atom. The summed E-state index contributed by atoms with van der Waals surface area (Å²) in [6, 6.07) is 6.21. The number of benzene rings is 1. The first kappa shape index (κ1) is 13.6. The number of ether oxygens (including phenoxy) is 1. The van der Waals surface area contributed by atoms with Gasteiger partial charge in [0.15, 0.2) is 0 Å². The Balaban J connectivity index is 2.59. The van der Waals surface area contributed by atoms with E-state index in [1.54, 1.807) is 7.11 Å². The van der Waals surface area contributed by atoms with Gasteiger partial charge in [-0.05, 0) is 41.9 Å². The summed E-state index contributed by atoms with van der Waals surface area (Å²) in [5.41, 5.74) is 3.27. The Kier molecular flexibility index (Phi) is 3.28. The van der Waals surface area contributed by atoms with Crippen LogP contribution in [0.4, 0.5) is 0 Å². The molecular formula is C16H24O2. The second-order valence-electron chi connectivity index (χ2n) is 6.42. The normalized spacial score (nSPS) is 22.7. The molecule has 1 N–H and O–H groups in total. The molecule has 1 aromatic rings. The smallest absolute Gasteiger partial charge is 0.0950 e. The summed E-state index contributed by atoms with van der Waals surface area (Å²) >= 11 is 0. The Labute approximate surface area is 110 Å². The second-order valence-corrected chi connectivity index (χ2v) is 6.42. The van der Waals surface area contributed by atoms with Gasteiger partial charge in [-0.25, -0.2) is 0 Å². The van der Waals surface area contributed by atoms with E-state index in [1.807, 2.05) is 12.1 Å². The topological polar surface area (TPSA) is 29.5 Å². The molecule has 100 valence electrons. The first-order chi connectivity index (χ1) is 8.31. The number of fused-ring (bicyclic) bond motifs is 1. The lowest BCUT2D eigenvalue weighted by Gasteiger charge is -2.42. The van der Waals surface area contributed by atoms with Crippen LogP contribution >= 0.6 is 0 Å². The summed E-state index contributed by atoms with van der Waals surface area (Å²) < 4.78 is 5.87. The van der Waals surface area contributed by atoms with Gasteiger partial charge in [0.25, 0.3) is 0 Å². The molecule has 0 heterocycles. The van der Waals surface area contributed by atoms with Gasteiger partial charge < -0.3 is 9.84 Å². The number of methoxy groups -OCH3 is 1. The molecule has 18 heavy (non-hydrogen) atoms. The maximum Gasteiger partial charge on any atom is 0.0950 e. The van der Waals surface area contributed by atoms with Gasteiger partial charge in [-0.2, -0.15) is 0 Å². The van der Waals surface area contributed by atoms with Crippen molar-refractivity contribution in [3.05, 3.63) is 34.9 Å². The van der Waals surface area contributed by atoms with Crippen molar-refractivity contribution in [1.29, 1.82) is 0 Å². The van der Waals surface area contributed by atoms with E-state index in [0.717, 1.165) is 18.4 Å². The monoisotopic (exact) mass is 248 g/mol. The van der Waals surface area contributed by atoms with Crippen molar-refractivity contribution in [2.45, 2.75) is 52.2 Å². The minimum absolute atomic E-state index is 0.00438. The number of aliphatic hydroxyl groups excluding tert-OH is 1. The van der Waals surface area contributed by atoms with Crippen LogP contribution in [0.3, 0.4) is 0 Å². The van der Waals surface area contributed by atoms with E-state index in [9.17, 15) is 5.11 Å². The standard InChI is InChI=1S/C16H24O2/c1-15(2,3)16(4,18-5)13-8-6-7-12-11(13)9-10-14(12)17/h6-8,14,17H,9-10H2,1-5H3/t14-,16?/m1/s1. The van der Waals surface area contributed by atoms with Gasteiger partial charge >= 0.3 is 0 Å². The van der Waals surface area contributed by atoms with Crippen LogP contribution in [0, 0.1) is 5.41 Å². The van der Waals surface area contributed by atoms with Crippen molar-refractivity contribution in [3.63, 3.8) is 0 Å². The molecule has 2 atom stereocenters. The Hall–Kier alpha value is -0.860. The number of aliphatic hydroxyl groups is 1. The maximum atomic E-state index is 10.0. The molecule has 1 aliphatic rings. The van der Waals surface area contributed by atoms with E-state index in [0.29, 0.717) is 0 Å². The van der Waals surface area contributed by atoms with Crippen molar-refractivity contribution in [2.24, 2.45) is 5.41 Å². The molecule has 0 bridgehead atoms. The fraction of sp³-hybridized carbons (Fsp3) is 0.625. The van der Waals surface area contributed by atoms with Crippen LogP contribution in [0.15, 0.2) is 18.2 Å². The molecule has 0 spiro atoms. The van der Waals surface area contributed by atoms with Crippen LogP contribution in [0.1, 0.15) is 56.9 Å². The number of rotatable bonds is 2. The van der Waals surface area contributed by atoms with Crippen LogP contribution in [-0.2, 0) is 16.8 Å². The lowest BCUT2D eigenvalue weighted by Crippen LogP contribution is -2.39. The van der Waals surface area contributed by atoms with Gasteiger partial charge in [0.2, 0.25) is 0 Å². The zero-order valence-electron chi connectivity index (χ0n) is 12.1. The Morgan fingerprint density at radius 1 is 1.22 bits per heavy atom. The molecule has 1 aromatic carbocycles. The Morgan fingerprint density at radius 3 is 2.44 bits per heavy atom. The largest absolute Gasteiger partial charge is 0.388 e. The highest BCUT2D eigenvalue weighted by molar-refractivity contribution is 5.43. The third kappa shape index (κ3) is 1.88. The lowest BCUT2D eigenvalue weighted by molar-refractivity contribution is -0.0842. The van der Waals surface area contributed by atoms with Crippen molar-refractivity contribution >= 4 is 0 Å². The van der Waals surface area contributed by atoms with E-state index in [1.165, 1.54) is 11.1 Å². The van der Waals surface area contributed by atoms with E-state index < -0.39 is 0 Å². The van der Waals surface area contributed by atoms with Crippen molar-refractivity contribution < 1.29 is 9.84 Å². The SMILES string of the molecule is COC(C)(c1cccc2c1CC[C@H]2O)C(C)(C)C. The maximum absolute atomic E-state index is 10.0. The second kappa shape index (κ2) is 4.36. The molecule has 2 nitrogen and oxygen atoms in total. The van der Waals surface area contributed by atoms with Crippen molar-refractivity contribution in [3.8, 4) is 0 Å².